The van der Waals surface area contributed by atoms with E-state index in [4.69, 9.17) is 14.2 Å². The highest BCUT2D eigenvalue weighted by Gasteiger charge is 2.31. The molecule has 0 rings (SSSR count). The Hall–Kier alpha value is -2.71. The van der Waals surface area contributed by atoms with Gasteiger partial charge in [0, 0.05) is 19.3 Å². The fraction of sp³-hybridized carbons (Fsp3) is 0.744. The molecule has 0 aromatic heterocycles. The van der Waals surface area contributed by atoms with Crippen LogP contribution in [0.4, 0.5) is 0 Å². The molecule has 0 saturated carbocycles. The predicted molar refractivity (Wildman–Crippen MR) is 211 cm³/mol. The Labute approximate surface area is 312 Å². The van der Waals surface area contributed by atoms with Crippen LogP contribution in [0.25, 0.3) is 0 Å². The monoisotopic (exact) mass is 719 g/mol. The van der Waals surface area contributed by atoms with Gasteiger partial charge in [-0.05, 0) is 64.2 Å². The van der Waals surface area contributed by atoms with Crippen molar-refractivity contribution in [1.82, 2.24) is 0 Å². The molecule has 0 aliphatic heterocycles. The Morgan fingerprint density at radius 1 is 0.608 bits per heavy atom. The molecule has 1 N–H and O–H groups in total. The molecule has 0 amide bonds. The summed E-state index contributed by atoms with van der Waals surface area (Å²) in [7, 11) is 5.51. The number of carboxylic acid groups (broad SMARTS) is 1. The van der Waals surface area contributed by atoms with Crippen LogP contribution in [0.15, 0.2) is 48.6 Å². The number of likely N-dealkylation sites (N-methyl/N-ethyl adjacent to an activating group) is 1. The van der Waals surface area contributed by atoms with E-state index in [1.165, 1.54) is 38.5 Å². The smallest absolute Gasteiger partial charge is 0.362 e. The van der Waals surface area contributed by atoms with E-state index in [-0.39, 0.29) is 36.2 Å². The molecule has 0 bridgehead atoms. The Kier molecular flexibility index (Phi) is 32.6. The third kappa shape index (κ3) is 32.9. The highest BCUT2D eigenvalue weighted by atomic mass is 16.6. The number of aliphatic carboxylic acids is 1. The number of quaternary nitrogens is 1. The molecule has 8 heteroatoms. The minimum absolute atomic E-state index is 0.0520. The molecule has 51 heavy (non-hydrogen) atoms. The average molecular weight is 719 g/mol. The summed E-state index contributed by atoms with van der Waals surface area (Å²) in [5.74, 6) is -1.50. The predicted octanol–water partition coefficient (Wildman–Crippen LogP) is 10.5. The van der Waals surface area contributed by atoms with Gasteiger partial charge in [0.1, 0.15) is 6.61 Å². The van der Waals surface area contributed by atoms with Gasteiger partial charge in [-0.15, -0.1) is 0 Å². The van der Waals surface area contributed by atoms with Crippen molar-refractivity contribution in [3.63, 3.8) is 0 Å². The van der Waals surface area contributed by atoms with Gasteiger partial charge < -0.3 is 23.8 Å². The van der Waals surface area contributed by atoms with Crippen molar-refractivity contribution in [2.45, 2.75) is 167 Å². The molecule has 0 aliphatic carbocycles. The summed E-state index contributed by atoms with van der Waals surface area (Å²) in [5, 5.41) is 9.59. The highest BCUT2D eigenvalue weighted by molar-refractivity contribution is 5.72. The van der Waals surface area contributed by atoms with E-state index in [2.05, 4.69) is 62.5 Å². The summed E-state index contributed by atoms with van der Waals surface area (Å²) in [4.78, 5) is 36.8. The first-order chi connectivity index (χ1) is 24.6. The summed E-state index contributed by atoms with van der Waals surface area (Å²) in [5.41, 5.74) is 0. The van der Waals surface area contributed by atoms with Crippen LogP contribution in [0, 0.1) is 0 Å². The molecule has 0 spiro atoms. The summed E-state index contributed by atoms with van der Waals surface area (Å²) < 4.78 is 17.2. The number of unbranched alkanes of at least 4 members (excludes halogenated alkanes) is 13. The number of nitrogens with zero attached hydrogens (tertiary/aromatic N) is 1. The molecule has 0 aromatic rings. The zero-order chi connectivity index (χ0) is 37.8. The van der Waals surface area contributed by atoms with Gasteiger partial charge in [0.05, 0.1) is 34.4 Å². The third-order valence-corrected chi connectivity index (χ3v) is 8.71. The van der Waals surface area contributed by atoms with E-state index < -0.39 is 18.1 Å². The maximum Gasteiger partial charge on any atom is 0.362 e. The highest BCUT2D eigenvalue weighted by Crippen LogP contribution is 2.13. The third-order valence-electron chi connectivity index (χ3n) is 8.71. The Bertz CT molecular complexity index is 979. The molecule has 0 aromatic carbocycles. The van der Waals surface area contributed by atoms with E-state index in [0.717, 1.165) is 83.5 Å². The van der Waals surface area contributed by atoms with Crippen LogP contribution in [0.5, 0.6) is 0 Å². The summed E-state index contributed by atoms with van der Waals surface area (Å²) >= 11 is 0. The van der Waals surface area contributed by atoms with Crippen molar-refractivity contribution in [2.24, 2.45) is 0 Å². The number of hydrogen-bond acceptors (Lipinski definition) is 6. The minimum atomic E-state index is -0.881. The van der Waals surface area contributed by atoms with E-state index >= 15 is 0 Å². The molecule has 0 aliphatic rings. The maximum atomic E-state index is 12.7. The van der Waals surface area contributed by atoms with Gasteiger partial charge in [-0.25, -0.2) is 4.79 Å². The molecule has 294 valence electrons. The van der Waals surface area contributed by atoms with Crippen LogP contribution in [-0.2, 0) is 28.6 Å². The zero-order valence-corrected chi connectivity index (χ0v) is 33.3. The lowest BCUT2D eigenvalue weighted by Gasteiger charge is -2.31. The van der Waals surface area contributed by atoms with Crippen LogP contribution >= 0.6 is 0 Å². The van der Waals surface area contributed by atoms with E-state index in [9.17, 15) is 19.5 Å². The van der Waals surface area contributed by atoms with Crippen molar-refractivity contribution in [3.8, 4) is 0 Å². The van der Waals surface area contributed by atoms with Crippen molar-refractivity contribution in [3.05, 3.63) is 48.6 Å². The number of allylic oxidation sites excluding steroid dienone is 8. The topological polar surface area (TPSA) is 99.1 Å². The molecular weight excluding hydrogens is 642 g/mol. The van der Waals surface area contributed by atoms with Crippen LogP contribution < -0.4 is 0 Å². The van der Waals surface area contributed by atoms with Gasteiger partial charge in [-0.2, -0.15) is 0 Å². The van der Waals surface area contributed by atoms with Crippen LogP contribution in [0.2, 0.25) is 0 Å². The Balaban J connectivity index is 4.42. The van der Waals surface area contributed by atoms with Gasteiger partial charge in [-0.3, -0.25) is 9.59 Å². The average Bonchev–Trinajstić information content (AvgIpc) is 3.08. The number of carbonyl (C=O) groups excluding carboxylic acids is 2. The zero-order valence-electron chi connectivity index (χ0n) is 33.3. The number of carbonyl (C=O) groups is 3. The molecular formula is C43H76NO7+. The van der Waals surface area contributed by atoms with Crippen molar-refractivity contribution in [2.75, 3.05) is 41.0 Å². The molecule has 2 unspecified atom stereocenters. The first-order valence-electron chi connectivity index (χ1n) is 20.2. The second-order valence-electron chi connectivity index (χ2n) is 14.5. The SMILES string of the molecule is CC/C=C/C/C=C/C/C=C/CCCCCCCCC(=O)OC(COCCC(C(=O)O)[N+](C)(C)C)COC(=O)CCCCCCC/C=C/CCCC. The standard InChI is InChI=1S/C43H75NO7/c1-6-8-10-12-14-16-18-19-20-21-22-24-26-28-30-32-34-42(46)51-39(37-49-36-35-40(43(47)48)44(3,4)5)38-50-41(45)33-31-29-27-25-23-17-15-13-11-9-7-2/h8,10,13-16,19-20,39-40H,6-7,9,11-12,17-18,21-38H2,1-5H3/p+1/b10-8+,15-13+,16-14+,20-19+. The second kappa shape index (κ2) is 34.4. The van der Waals surface area contributed by atoms with Crippen LogP contribution in [0.3, 0.4) is 0 Å². The Morgan fingerprint density at radius 3 is 1.65 bits per heavy atom. The summed E-state index contributed by atoms with van der Waals surface area (Å²) in [6, 6.07) is -0.618. The van der Waals surface area contributed by atoms with E-state index in [0.29, 0.717) is 19.3 Å². The summed E-state index contributed by atoms with van der Waals surface area (Å²) in [6.07, 6.45) is 38.6. The van der Waals surface area contributed by atoms with E-state index in [1.54, 1.807) is 0 Å². The molecule has 2 atom stereocenters. The lowest BCUT2D eigenvalue weighted by Crippen LogP contribution is -2.50. The van der Waals surface area contributed by atoms with Gasteiger partial charge >= 0.3 is 17.9 Å². The van der Waals surface area contributed by atoms with Gasteiger partial charge in [0.2, 0.25) is 0 Å². The fourth-order valence-electron chi connectivity index (χ4n) is 5.56. The van der Waals surface area contributed by atoms with Crippen LogP contribution in [-0.4, -0.2) is 80.6 Å². The quantitative estimate of drug-likeness (QED) is 0.0301. The lowest BCUT2D eigenvalue weighted by atomic mass is 10.1. The Morgan fingerprint density at radius 2 is 1.10 bits per heavy atom. The molecule has 0 radical (unpaired) electrons. The first kappa shape index (κ1) is 48.3. The molecule has 0 saturated heterocycles. The number of hydrogen-bond donors (Lipinski definition) is 1. The largest absolute Gasteiger partial charge is 0.477 e. The second-order valence-corrected chi connectivity index (χ2v) is 14.5. The number of ether oxygens (including phenoxy) is 3. The normalized spacial score (nSPS) is 13.5. The van der Waals surface area contributed by atoms with Crippen molar-refractivity contribution in [1.29, 1.82) is 0 Å². The molecule has 0 fully saturated rings. The van der Waals surface area contributed by atoms with E-state index in [1.807, 2.05) is 21.1 Å². The molecule has 0 heterocycles. The minimum Gasteiger partial charge on any atom is -0.477 e. The first-order valence-corrected chi connectivity index (χ1v) is 20.2. The van der Waals surface area contributed by atoms with Gasteiger partial charge in [-0.1, -0.05) is 120 Å². The van der Waals surface area contributed by atoms with Gasteiger partial charge in [0.15, 0.2) is 12.1 Å². The number of rotatable bonds is 35. The van der Waals surface area contributed by atoms with Gasteiger partial charge in [0.25, 0.3) is 0 Å². The van der Waals surface area contributed by atoms with Crippen molar-refractivity contribution >= 4 is 17.9 Å². The lowest BCUT2D eigenvalue weighted by molar-refractivity contribution is -0.887. The maximum absolute atomic E-state index is 12.7. The molecule has 8 nitrogen and oxygen atoms in total. The summed E-state index contributed by atoms with van der Waals surface area (Å²) in [6.45, 7) is 4.55. The number of carboxylic acids is 1. The van der Waals surface area contributed by atoms with Crippen molar-refractivity contribution < 1.29 is 38.2 Å². The fourth-order valence-corrected chi connectivity index (χ4v) is 5.56. The van der Waals surface area contributed by atoms with Crippen LogP contribution in [0.1, 0.15) is 155 Å². The number of esters is 2.